The highest BCUT2D eigenvalue weighted by Gasteiger charge is 2.21. The molecule has 0 atom stereocenters. The molecule has 4 rings (SSSR count). The second-order valence-electron chi connectivity index (χ2n) is 5.58. The fraction of sp³-hybridized carbons (Fsp3) is 0.167. The van der Waals surface area contributed by atoms with Gasteiger partial charge in [0.25, 0.3) is 0 Å². The molecule has 1 aliphatic rings. The molecular weight excluding hydrogens is 308 g/mol. The molecule has 0 fully saturated rings. The molecule has 0 bridgehead atoms. The zero-order chi connectivity index (χ0) is 15.6. The molecule has 2 N–H and O–H groups in total. The molecule has 1 aliphatic heterocycles. The van der Waals surface area contributed by atoms with Gasteiger partial charge in [-0.3, -0.25) is 0 Å². The first kappa shape index (κ1) is 14.3. The van der Waals surface area contributed by atoms with E-state index < -0.39 is 0 Å². The van der Waals surface area contributed by atoms with E-state index in [1.165, 1.54) is 11.3 Å². The molecule has 4 nitrogen and oxygen atoms in total. The number of fused-ring (bicyclic) bond motifs is 1. The second kappa shape index (κ2) is 6.07. The average Bonchev–Trinajstić information content (AvgIpc) is 2.95. The van der Waals surface area contributed by atoms with Crippen molar-refractivity contribution in [2.45, 2.75) is 13.0 Å². The molecule has 23 heavy (non-hydrogen) atoms. The molecular formula is C18H17ClN4. The number of anilines is 2. The van der Waals surface area contributed by atoms with Crippen molar-refractivity contribution >= 4 is 23.1 Å². The summed E-state index contributed by atoms with van der Waals surface area (Å²) in [5.74, 6) is 0.911. The molecule has 3 aromatic rings. The maximum atomic E-state index is 6.00. The summed E-state index contributed by atoms with van der Waals surface area (Å²) >= 11 is 6.00. The van der Waals surface area contributed by atoms with Crippen molar-refractivity contribution in [3.63, 3.8) is 0 Å². The Morgan fingerprint density at radius 3 is 2.61 bits per heavy atom. The first-order valence-electron chi connectivity index (χ1n) is 7.71. The summed E-state index contributed by atoms with van der Waals surface area (Å²) in [7, 11) is 0. The summed E-state index contributed by atoms with van der Waals surface area (Å²) in [6.07, 6.45) is 0.960. The zero-order valence-corrected chi connectivity index (χ0v) is 13.3. The Hall–Kier alpha value is -2.30. The van der Waals surface area contributed by atoms with Gasteiger partial charge in [-0.1, -0.05) is 29.8 Å². The van der Waals surface area contributed by atoms with Crippen LogP contribution in [-0.4, -0.2) is 16.3 Å². The summed E-state index contributed by atoms with van der Waals surface area (Å²) < 4.78 is 2.03. The van der Waals surface area contributed by atoms with Crippen LogP contribution < -0.4 is 10.6 Å². The van der Waals surface area contributed by atoms with Crippen molar-refractivity contribution in [1.29, 1.82) is 0 Å². The number of nitrogens with zero attached hydrogens (tertiary/aromatic N) is 2. The lowest BCUT2D eigenvalue weighted by Crippen LogP contribution is -2.24. The second-order valence-corrected chi connectivity index (χ2v) is 6.02. The van der Waals surface area contributed by atoms with E-state index >= 15 is 0 Å². The molecule has 0 unspecified atom stereocenters. The summed E-state index contributed by atoms with van der Waals surface area (Å²) in [4.78, 5) is 0. The van der Waals surface area contributed by atoms with Gasteiger partial charge in [-0.25, -0.2) is 4.68 Å². The van der Waals surface area contributed by atoms with Gasteiger partial charge in [-0.05, 0) is 36.4 Å². The highest BCUT2D eigenvalue weighted by Crippen LogP contribution is 2.28. The normalized spacial score (nSPS) is 13.6. The quantitative estimate of drug-likeness (QED) is 0.767. The third kappa shape index (κ3) is 2.83. The zero-order valence-electron chi connectivity index (χ0n) is 12.6. The smallest absolute Gasteiger partial charge is 0.157 e. The van der Waals surface area contributed by atoms with E-state index in [1.54, 1.807) is 0 Å². The predicted molar refractivity (Wildman–Crippen MR) is 93.7 cm³/mol. The Bertz CT molecular complexity index is 809. The van der Waals surface area contributed by atoms with Crippen molar-refractivity contribution in [2.24, 2.45) is 0 Å². The van der Waals surface area contributed by atoms with Crippen molar-refractivity contribution in [3.05, 3.63) is 70.9 Å². The Balaban J connectivity index is 1.77. The number of rotatable bonds is 3. The van der Waals surface area contributed by atoms with Crippen LogP contribution in [0.2, 0.25) is 5.02 Å². The summed E-state index contributed by atoms with van der Waals surface area (Å²) in [5.41, 5.74) is 4.56. The lowest BCUT2D eigenvalue weighted by molar-refractivity contribution is 0.623. The largest absolute Gasteiger partial charge is 0.338 e. The van der Waals surface area contributed by atoms with Gasteiger partial charge in [-0.2, -0.15) is 0 Å². The molecule has 116 valence electrons. The van der Waals surface area contributed by atoms with Crippen molar-refractivity contribution in [1.82, 2.24) is 15.1 Å². The van der Waals surface area contributed by atoms with E-state index in [2.05, 4.69) is 10.6 Å². The summed E-state index contributed by atoms with van der Waals surface area (Å²) in [5, 5.41) is 12.4. The van der Waals surface area contributed by atoms with E-state index in [0.29, 0.717) is 0 Å². The monoisotopic (exact) mass is 324 g/mol. The van der Waals surface area contributed by atoms with Gasteiger partial charge in [0.1, 0.15) is 0 Å². The SMILES string of the molecule is Clc1ccc(-n2nc(Nc3ccccc3)c3c2CCNC3)cc1. The molecule has 2 heterocycles. The van der Waals surface area contributed by atoms with Gasteiger partial charge in [-0.15, -0.1) is 5.10 Å². The fourth-order valence-corrected chi connectivity index (χ4v) is 3.03. The van der Waals surface area contributed by atoms with Crippen molar-refractivity contribution < 1.29 is 0 Å². The van der Waals surface area contributed by atoms with Crippen LogP contribution in [0.3, 0.4) is 0 Å². The first-order chi connectivity index (χ1) is 11.3. The standard InChI is InChI=1S/C18H17ClN4/c19-13-6-8-15(9-7-13)23-17-10-11-20-12-16(17)18(22-23)21-14-4-2-1-3-5-14/h1-9,20H,10-12H2,(H,21,22). The third-order valence-corrected chi connectivity index (χ3v) is 4.29. The maximum absolute atomic E-state index is 6.00. The maximum Gasteiger partial charge on any atom is 0.157 e. The van der Waals surface area contributed by atoms with Crippen molar-refractivity contribution in [3.8, 4) is 5.69 Å². The van der Waals surface area contributed by atoms with Crippen LogP contribution in [0.25, 0.3) is 5.69 Å². The Morgan fingerprint density at radius 2 is 1.83 bits per heavy atom. The van der Waals surface area contributed by atoms with Crippen LogP contribution in [0.4, 0.5) is 11.5 Å². The molecule has 0 amide bonds. The average molecular weight is 325 g/mol. The molecule has 0 saturated carbocycles. The molecule has 1 aromatic heterocycles. The minimum atomic E-state index is 0.735. The van der Waals surface area contributed by atoms with Crippen LogP contribution in [0, 0.1) is 0 Å². The van der Waals surface area contributed by atoms with E-state index in [4.69, 9.17) is 16.7 Å². The predicted octanol–water partition coefficient (Wildman–Crippen LogP) is 3.92. The number of hydrogen-bond acceptors (Lipinski definition) is 3. The number of nitrogens with one attached hydrogen (secondary N) is 2. The van der Waals surface area contributed by atoms with Gasteiger partial charge in [0.05, 0.1) is 11.4 Å². The molecule has 0 saturated heterocycles. The van der Waals surface area contributed by atoms with E-state index in [0.717, 1.165) is 41.7 Å². The lowest BCUT2D eigenvalue weighted by Gasteiger charge is -2.15. The van der Waals surface area contributed by atoms with E-state index in [1.807, 2.05) is 59.3 Å². The number of halogens is 1. The topological polar surface area (TPSA) is 41.9 Å². The van der Waals surface area contributed by atoms with Crippen LogP contribution >= 0.6 is 11.6 Å². The minimum absolute atomic E-state index is 0.735. The molecule has 2 aromatic carbocycles. The van der Waals surface area contributed by atoms with Crippen LogP contribution in [0.15, 0.2) is 54.6 Å². The molecule has 0 spiro atoms. The Kier molecular flexibility index (Phi) is 3.77. The first-order valence-corrected chi connectivity index (χ1v) is 8.08. The number of benzene rings is 2. The van der Waals surface area contributed by atoms with Gasteiger partial charge in [0.15, 0.2) is 5.82 Å². The number of hydrogen-bond donors (Lipinski definition) is 2. The Labute approximate surface area is 140 Å². The van der Waals surface area contributed by atoms with Crippen LogP contribution in [0.5, 0.6) is 0 Å². The van der Waals surface area contributed by atoms with E-state index in [-0.39, 0.29) is 0 Å². The lowest BCUT2D eigenvalue weighted by atomic mass is 10.1. The highest BCUT2D eigenvalue weighted by molar-refractivity contribution is 6.30. The minimum Gasteiger partial charge on any atom is -0.338 e. The summed E-state index contributed by atoms with van der Waals surface area (Å²) in [6, 6.07) is 17.9. The number of aromatic nitrogens is 2. The third-order valence-electron chi connectivity index (χ3n) is 4.04. The molecule has 0 radical (unpaired) electrons. The van der Waals surface area contributed by atoms with Crippen LogP contribution in [-0.2, 0) is 13.0 Å². The van der Waals surface area contributed by atoms with Gasteiger partial charge < -0.3 is 10.6 Å². The fourth-order valence-electron chi connectivity index (χ4n) is 2.90. The Morgan fingerprint density at radius 1 is 1.04 bits per heavy atom. The number of para-hydroxylation sites is 1. The van der Waals surface area contributed by atoms with Gasteiger partial charge in [0.2, 0.25) is 0 Å². The van der Waals surface area contributed by atoms with Gasteiger partial charge in [0, 0.05) is 35.8 Å². The summed E-state index contributed by atoms with van der Waals surface area (Å²) in [6.45, 7) is 1.80. The van der Waals surface area contributed by atoms with Crippen molar-refractivity contribution in [2.75, 3.05) is 11.9 Å². The molecule has 0 aliphatic carbocycles. The van der Waals surface area contributed by atoms with Gasteiger partial charge >= 0.3 is 0 Å². The highest BCUT2D eigenvalue weighted by atomic mass is 35.5. The van der Waals surface area contributed by atoms with Crippen LogP contribution in [0.1, 0.15) is 11.3 Å². The van der Waals surface area contributed by atoms with E-state index in [9.17, 15) is 0 Å². The molecule has 5 heteroatoms.